The van der Waals surface area contributed by atoms with Gasteiger partial charge in [0.1, 0.15) is 0 Å². The molecule has 1 heterocycles. The second-order valence-electron chi connectivity index (χ2n) is 5.68. The minimum atomic E-state index is 0.666. The largest absolute Gasteiger partial charge is 0.316 e. The molecule has 0 spiro atoms. The van der Waals surface area contributed by atoms with Crippen molar-refractivity contribution in [3.63, 3.8) is 0 Å². The summed E-state index contributed by atoms with van der Waals surface area (Å²) in [6.07, 6.45) is 6.54. The Morgan fingerprint density at radius 3 is 3.00 bits per heavy atom. The molecule has 1 N–H and O–H groups in total. The molecule has 3 rings (SSSR count). The molecule has 1 fully saturated rings. The Labute approximate surface area is 115 Å². The van der Waals surface area contributed by atoms with E-state index in [2.05, 4.69) is 42.3 Å². The van der Waals surface area contributed by atoms with Gasteiger partial charge in [0, 0.05) is 6.04 Å². The number of benzene rings is 1. The maximum Gasteiger partial charge on any atom is 0.0141 e. The molecular weight excluding hydrogens is 238 g/mol. The van der Waals surface area contributed by atoms with Crippen molar-refractivity contribution in [3.8, 4) is 0 Å². The lowest BCUT2D eigenvalue weighted by Gasteiger charge is -2.22. The lowest BCUT2D eigenvalue weighted by atomic mass is 9.92. The summed E-state index contributed by atoms with van der Waals surface area (Å²) < 4.78 is 0. The molecule has 0 bridgehead atoms. The van der Waals surface area contributed by atoms with Gasteiger partial charge >= 0.3 is 0 Å². The fourth-order valence-corrected chi connectivity index (χ4v) is 4.72. The van der Waals surface area contributed by atoms with Crippen LogP contribution in [0.4, 0.5) is 0 Å². The van der Waals surface area contributed by atoms with Crippen molar-refractivity contribution in [2.24, 2.45) is 5.92 Å². The topological polar surface area (TPSA) is 12.0 Å². The number of hydrogen-bond donors (Lipinski definition) is 1. The first kappa shape index (κ1) is 12.6. The van der Waals surface area contributed by atoms with Crippen molar-refractivity contribution >= 4 is 11.8 Å². The van der Waals surface area contributed by atoms with Crippen LogP contribution in [0.5, 0.6) is 0 Å². The average molecular weight is 261 g/mol. The Hall–Kier alpha value is -0.470. The zero-order chi connectivity index (χ0) is 12.4. The molecule has 2 unspecified atom stereocenters. The van der Waals surface area contributed by atoms with Gasteiger partial charge in [0.15, 0.2) is 0 Å². The third-order valence-electron chi connectivity index (χ3n) is 4.52. The van der Waals surface area contributed by atoms with Crippen LogP contribution < -0.4 is 5.32 Å². The molecule has 0 saturated carbocycles. The van der Waals surface area contributed by atoms with E-state index in [1.54, 1.807) is 11.1 Å². The monoisotopic (exact) mass is 261 g/mol. The molecule has 1 aliphatic carbocycles. The number of likely N-dealkylation sites (N-methyl/N-ethyl adjacent to an activating group) is 1. The van der Waals surface area contributed by atoms with Crippen LogP contribution in [-0.4, -0.2) is 24.6 Å². The first-order chi connectivity index (χ1) is 8.86. The highest BCUT2D eigenvalue weighted by Crippen LogP contribution is 2.29. The summed E-state index contributed by atoms with van der Waals surface area (Å²) in [7, 11) is 2.13. The molecule has 1 aromatic carbocycles. The number of aryl methyl sites for hydroxylation is 2. The van der Waals surface area contributed by atoms with Gasteiger partial charge in [-0.15, -0.1) is 0 Å². The van der Waals surface area contributed by atoms with Crippen molar-refractivity contribution < 1.29 is 0 Å². The van der Waals surface area contributed by atoms with E-state index in [-0.39, 0.29) is 0 Å². The molecular formula is C16H23NS. The summed E-state index contributed by atoms with van der Waals surface area (Å²) in [6.45, 7) is 0. The highest BCUT2D eigenvalue weighted by molar-refractivity contribution is 7.99. The molecule has 1 saturated heterocycles. The second kappa shape index (κ2) is 5.66. The van der Waals surface area contributed by atoms with E-state index < -0.39 is 0 Å². The quantitative estimate of drug-likeness (QED) is 0.894. The van der Waals surface area contributed by atoms with Crippen molar-refractivity contribution in [1.82, 2.24) is 5.32 Å². The summed E-state index contributed by atoms with van der Waals surface area (Å²) in [5.41, 5.74) is 4.74. The Balaban J connectivity index is 1.70. The molecule has 0 aromatic heterocycles. The zero-order valence-electron chi connectivity index (χ0n) is 11.2. The Bertz CT molecular complexity index is 410. The van der Waals surface area contributed by atoms with Crippen LogP contribution in [0.3, 0.4) is 0 Å². The highest BCUT2D eigenvalue weighted by Gasteiger charge is 2.24. The van der Waals surface area contributed by atoms with Gasteiger partial charge in [0.2, 0.25) is 0 Å². The van der Waals surface area contributed by atoms with E-state index in [0.717, 1.165) is 5.92 Å². The second-order valence-corrected chi connectivity index (χ2v) is 6.83. The van der Waals surface area contributed by atoms with Crippen LogP contribution >= 0.6 is 11.8 Å². The third-order valence-corrected chi connectivity index (χ3v) is 5.71. The Kier molecular flexibility index (Phi) is 3.95. The predicted molar refractivity (Wildman–Crippen MR) is 80.5 cm³/mol. The first-order valence-electron chi connectivity index (χ1n) is 7.22. The molecule has 2 aliphatic rings. The maximum absolute atomic E-state index is 3.55. The van der Waals surface area contributed by atoms with Gasteiger partial charge in [0.25, 0.3) is 0 Å². The normalized spacial score (nSPS) is 24.2. The summed E-state index contributed by atoms with van der Waals surface area (Å²) in [5, 5.41) is 3.55. The summed E-state index contributed by atoms with van der Waals surface area (Å²) in [4.78, 5) is 0. The molecule has 1 aromatic rings. The standard InChI is InChI=1S/C16H23NS/c1-17-16(15-7-8-18-11-15)10-12-5-6-13-3-2-4-14(13)9-12/h5-6,9,15-17H,2-4,7-8,10-11H2,1H3. The van der Waals surface area contributed by atoms with Crippen LogP contribution in [0.2, 0.25) is 0 Å². The molecule has 1 aliphatic heterocycles. The minimum Gasteiger partial charge on any atom is -0.316 e. The summed E-state index contributed by atoms with van der Waals surface area (Å²) in [6, 6.07) is 7.86. The van der Waals surface area contributed by atoms with E-state index in [9.17, 15) is 0 Å². The van der Waals surface area contributed by atoms with Gasteiger partial charge in [-0.25, -0.2) is 0 Å². The molecule has 18 heavy (non-hydrogen) atoms. The van der Waals surface area contributed by atoms with Crippen molar-refractivity contribution in [2.75, 3.05) is 18.6 Å². The van der Waals surface area contributed by atoms with Crippen molar-refractivity contribution in [3.05, 3.63) is 34.9 Å². The van der Waals surface area contributed by atoms with Crippen LogP contribution in [0.1, 0.15) is 29.5 Å². The Morgan fingerprint density at radius 2 is 2.22 bits per heavy atom. The lowest BCUT2D eigenvalue weighted by Crippen LogP contribution is -2.35. The average Bonchev–Trinajstić information content (AvgIpc) is 3.06. The van der Waals surface area contributed by atoms with Gasteiger partial charge in [-0.2, -0.15) is 11.8 Å². The van der Waals surface area contributed by atoms with E-state index in [1.165, 1.54) is 49.2 Å². The molecule has 0 amide bonds. The van der Waals surface area contributed by atoms with Crippen LogP contribution in [0.15, 0.2) is 18.2 Å². The molecule has 1 nitrogen and oxygen atoms in total. The number of nitrogens with one attached hydrogen (secondary N) is 1. The van der Waals surface area contributed by atoms with Crippen LogP contribution in [0.25, 0.3) is 0 Å². The number of rotatable bonds is 4. The fourth-order valence-electron chi connectivity index (χ4n) is 3.38. The third kappa shape index (κ3) is 2.60. The number of fused-ring (bicyclic) bond motifs is 1. The van der Waals surface area contributed by atoms with Crippen LogP contribution in [0, 0.1) is 5.92 Å². The van der Waals surface area contributed by atoms with E-state index in [1.807, 2.05) is 0 Å². The van der Waals surface area contributed by atoms with Gasteiger partial charge in [-0.3, -0.25) is 0 Å². The van der Waals surface area contributed by atoms with Gasteiger partial charge in [0.05, 0.1) is 0 Å². The minimum absolute atomic E-state index is 0.666. The SMILES string of the molecule is CNC(Cc1ccc2c(c1)CCC2)C1CCSC1. The van der Waals surface area contributed by atoms with Gasteiger partial charge in [-0.1, -0.05) is 18.2 Å². The number of hydrogen-bond acceptors (Lipinski definition) is 2. The smallest absolute Gasteiger partial charge is 0.0141 e. The summed E-state index contributed by atoms with van der Waals surface area (Å²) >= 11 is 2.12. The van der Waals surface area contributed by atoms with Crippen LogP contribution in [-0.2, 0) is 19.3 Å². The summed E-state index contributed by atoms with van der Waals surface area (Å²) in [5.74, 6) is 3.57. The highest BCUT2D eigenvalue weighted by atomic mass is 32.2. The fraction of sp³-hybridized carbons (Fsp3) is 0.625. The molecule has 2 heteroatoms. The van der Waals surface area contributed by atoms with Crippen molar-refractivity contribution in [2.45, 2.75) is 38.1 Å². The van der Waals surface area contributed by atoms with E-state index >= 15 is 0 Å². The van der Waals surface area contributed by atoms with Gasteiger partial charge < -0.3 is 5.32 Å². The molecule has 98 valence electrons. The van der Waals surface area contributed by atoms with E-state index in [0.29, 0.717) is 6.04 Å². The maximum atomic E-state index is 3.55. The van der Waals surface area contributed by atoms with Gasteiger partial charge in [-0.05, 0) is 73.3 Å². The molecule has 2 atom stereocenters. The number of thioether (sulfide) groups is 1. The lowest BCUT2D eigenvalue weighted by molar-refractivity contribution is 0.404. The first-order valence-corrected chi connectivity index (χ1v) is 8.38. The Morgan fingerprint density at radius 1 is 1.33 bits per heavy atom. The van der Waals surface area contributed by atoms with E-state index in [4.69, 9.17) is 0 Å². The zero-order valence-corrected chi connectivity index (χ0v) is 12.1. The van der Waals surface area contributed by atoms with Crippen molar-refractivity contribution in [1.29, 1.82) is 0 Å². The predicted octanol–water partition coefficient (Wildman–Crippen LogP) is 3.06. The molecule has 0 radical (unpaired) electrons.